The minimum absolute atomic E-state index is 0.0625. The minimum Gasteiger partial charge on any atom is -0.348 e. The molecule has 1 aliphatic rings. The normalized spacial score (nSPS) is 17.2. The van der Waals surface area contributed by atoms with Crippen LogP contribution in [0.5, 0.6) is 0 Å². The van der Waals surface area contributed by atoms with Gasteiger partial charge in [-0.25, -0.2) is 4.98 Å². The molecule has 1 saturated heterocycles. The van der Waals surface area contributed by atoms with Crippen molar-refractivity contribution in [3.8, 4) is 6.07 Å². The fourth-order valence-electron chi connectivity index (χ4n) is 4.48. The summed E-state index contributed by atoms with van der Waals surface area (Å²) in [6.07, 6.45) is 5.41. The molecular weight excluding hydrogens is 469 g/mol. The number of piperidine rings is 1. The molecule has 1 amide bonds. The molecular formula is C26H27Cl2N5O. The van der Waals surface area contributed by atoms with E-state index >= 15 is 0 Å². The van der Waals surface area contributed by atoms with E-state index < -0.39 is 0 Å². The van der Waals surface area contributed by atoms with E-state index in [1.54, 1.807) is 18.6 Å². The molecule has 2 heterocycles. The van der Waals surface area contributed by atoms with Gasteiger partial charge in [-0.15, -0.1) is 0 Å². The van der Waals surface area contributed by atoms with Crippen LogP contribution in [-0.4, -0.2) is 33.4 Å². The van der Waals surface area contributed by atoms with Crippen molar-refractivity contribution in [2.75, 3.05) is 13.1 Å². The molecule has 1 unspecified atom stereocenters. The van der Waals surface area contributed by atoms with Gasteiger partial charge in [0.15, 0.2) is 0 Å². The topological polar surface area (TPSA) is 74.0 Å². The van der Waals surface area contributed by atoms with Gasteiger partial charge in [-0.05, 0) is 67.8 Å². The monoisotopic (exact) mass is 495 g/mol. The summed E-state index contributed by atoms with van der Waals surface area (Å²) in [6.45, 7) is 4.98. The Morgan fingerprint density at radius 1 is 1.18 bits per heavy atom. The van der Waals surface area contributed by atoms with Crippen molar-refractivity contribution in [1.29, 1.82) is 5.26 Å². The molecule has 0 spiro atoms. The van der Waals surface area contributed by atoms with Gasteiger partial charge >= 0.3 is 0 Å². The number of nitrogens with zero attached hydrogens (tertiary/aromatic N) is 4. The summed E-state index contributed by atoms with van der Waals surface area (Å²) >= 11 is 12.3. The molecule has 1 aromatic heterocycles. The molecule has 0 bridgehead atoms. The van der Waals surface area contributed by atoms with Crippen molar-refractivity contribution in [3.63, 3.8) is 0 Å². The second-order valence-electron chi connectivity index (χ2n) is 8.84. The van der Waals surface area contributed by atoms with Crippen LogP contribution in [0, 0.1) is 17.2 Å². The Hall–Kier alpha value is -2.85. The molecule has 6 nitrogen and oxygen atoms in total. The van der Waals surface area contributed by atoms with Gasteiger partial charge in [0.05, 0.1) is 41.8 Å². The van der Waals surface area contributed by atoms with Gasteiger partial charge in [0, 0.05) is 29.7 Å². The molecule has 0 radical (unpaired) electrons. The summed E-state index contributed by atoms with van der Waals surface area (Å²) in [5.41, 5.74) is 3.70. The number of halogens is 2. The van der Waals surface area contributed by atoms with Crippen LogP contribution < -0.4 is 5.32 Å². The highest BCUT2D eigenvalue weighted by molar-refractivity contribution is 6.34. The van der Waals surface area contributed by atoms with Crippen LogP contribution in [0.25, 0.3) is 0 Å². The van der Waals surface area contributed by atoms with E-state index in [-0.39, 0.29) is 17.9 Å². The largest absolute Gasteiger partial charge is 0.348 e. The molecule has 8 heteroatoms. The van der Waals surface area contributed by atoms with Gasteiger partial charge in [-0.2, -0.15) is 5.26 Å². The number of hydrogen-bond donors (Lipinski definition) is 1. The number of benzene rings is 2. The third-order valence-electron chi connectivity index (χ3n) is 6.19. The fourth-order valence-corrected chi connectivity index (χ4v) is 5.06. The predicted octanol–water partition coefficient (Wildman–Crippen LogP) is 5.20. The Morgan fingerprint density at radius 2 is 1.91 bits per heavy atom. The molecule has 4 rings (SSSR count). The zero-order chi connectivity index (χ0) is 24.1. The van der Waals surface area contributed by atoms with E-state index in [9.17, 15) is 4.79 Å². The van der Waals surface area contributed by atoms with Gasteiger partial charge in [0.25, 0.3) is 0 Å². The number of aromatic nitrogens is 2. The highest BCUT2D eigenvalue weighted by atomic mass is 35.5. The van der Waals surface area contributed by atoms with Crippen LogP contribution in [0.3, 0.4) is 0 Å². The lowest BCUT2D eigenvalue weighted by molar-refractivity contribution is -0.127. The van der Waals surface area contributed by atoms with Crippen molar-refractivity contribution in [2.24, 2.45) is 5.92 Å². The predicted molar refractivity (Wildman–Crippen MR) is 134 cm³/mol. The number of hydrogen-bond acceptors (Lipinski definition) is 4. The quantitative estimate of drug-likeness (QED) is 0.488. The van der Waals surface area contributed by atoms with Gasteiger partial charge < -0.3 is 9.88 Å². The summed E-state index contributed by atoms with van der Waals surface area (Å²) < 4.78 is 2.03. The highest BCUT2D eigenvalue weighted by Gasteiger charge is 2.27. The van der Waals surface area contributed by atoms with E-state index in [1.165, 1.54) is 0 Å². The van der Waals surface area contributed by atoms with Crippen LogP contribution in [0.15, 0.2) is 55.0 Å². The standard InChI is InChI=1S/C26H27Cl2N5O/c1-18(25-13-30-17-33(25)15-20-6-4-19(12-29)5-7-20)31-26(34)22-3-2-8-32(16-22)14-21-9-23(27)11-24(28)10-21/h4-7,9-11,13,17-18,22H,2-3,8,14-16H2,1H3,(H,31,34)/t18-,22?/m0/s1. The van der Waals surface area contributed by atoms with Crippen LogP contribution in [0.1, 0.15) is 48.2 Å². The van der Waals surface area contributed by atoms with Crippen molar-refractivity contribution < 1.29 is 4.79 Å². The maximum Gasteiger partial charge on any atom is 0.224 e. The highest BCUT2D eigenvalue weighted by Crippen LogP contribution is 2.24. The lowest BCUT2D eigenvalue weighted by atomic mass is 9.96. The molecule has 1 fully saturated rings. The van der Waals surface area contributed by atoms with Crippen LogP contribution in [0.2, 0.25) is 10.0 Å². The molecule has 0 aliphatic carbocycles. The Labute approximate surface area is 210 Å². The van der Waals surface area contributed by atoms with Crippen LogP contribution in [0.4, 0.5) is 0 Å². The van der Waals surface area contributed by atoms with Crippen molar-refractivity contribution in [1.82, 2.24) is 19.8 Å². The SMILES string of the molecule is C[C@H](NC(=O)C1CCCN(Cc2cc(Cl)cc(Cl)c2)C1)c1cncn1Cc1ccc(C#N)cc1. The van der Waals surface area contributed by atoms with Gasteiger partial charge in [0.2, 0.25) is 5.91 Å². The molecule has 1 aliphatic heterocycles. The zero-order valence-corrected chi connectivity index (χ0v) is 20.6. The van der Waals surface area contributed by atoms with E-state index in [2.05, 4.69) is 21.3 Å². The average molecular weight is 496 g/mol. The summed E-state index contributed by atoms with van der Waals surface area (Å²) in [4.78, 5) is 19.7. The lowest BCUT2D eigenvalue weighted by Crippen LogP contribution is -2.43. The summed E-state index contributed by atoms with van der Waals surface area (Å²) in [6, 6.07) is 15.0. The van der Waals surface area contributed by atoms with E-state index in [4.69, 9.17) is 28.5 Å². The number of carbonyl (C=O) groups is 1. The van der Waals surface area contributed by atoms with E-state index in [0.29, 0.717) is 28.7 Å². The van der Waals surface area contributed by atoms with Crippen molar-refractivity contribution in [2.45, 2.75) is 38.9 Å². The smallest absolute Gasteiger partial charge is 0.224 e. The average Bonchev–Trinajstić information content (AvgIpc) is 3.27. The summed E-state index contributed by atoms with van der Waals surface area (Å²) in [5, 5.41) is 13.4. The van der Waals surface area contributed by atoms with Crippen LogP contribution >= 0.6 is 23.2 Å². The third kappa shape index (κ3) is 6.18. The molecule has 2 aromatic carbocycles. The molecule has 3 aromatic rings. The van der Waals surface area contributed by atoms with Crippen molar-refractivity contribution in [3.05, 3.63) is 87.4 Å². The Morgan fingerprint density at radius 3 is 2.62 bits per heavy atom. The van der Waals surface area contributed by atoms with Gasteiger partial charge in [0.1, 0.15) is 0 Å². The number of imidazole rings is 1. The van der Waals surface area contributed by atoms with Gasteiger partial charge in [-0.1, -0.05) is 35.3 Å². The molecule has 176 valence electrons. The number of likely N-dealkylation sites (tertiary alicyclic amines) is 1. The number of carbonyl (C=O) groups excluding carboxylic acids is 1. The molecule has 34 heavy (non-hydrogen) atoms. The van der Waals surface area contributed by atoms with E-state index in [0.717, 1.165) is 42.8 Å². The Balaban J connectivity index is 1.36. The first kappa shape index (κ1) is 24.3. The first-order valence-electron chi connectivity index (χ1n) is 11.4. The first-order valence-corrected chi connectivity index (χ1v) is 12.1. The maximum atomic E-state index is 13.1. The maximum absolute atomic E-state index is 13.1. The van der Waals surface area contributed by atoms with Gasteiger partial charge in [-0.3, -0.25) is 9.69 Å². The number of amides is 1. The lowest BCUT2D eigenvalue weighted by Gasteiger charge is -2.32. The second-order valence-corrected chi connectivity index (χ2v) is 9.71. The summed E-state index contributed by atoms with van der Waals surface area (Å²) in [7, 11) is 0. The number of nitriles is 1. The number of rotatable bonds is 7. The van der Waals surface area contributed by atoms with Crippen molar-refractivity contribution >= 4 is 29.1 Å². The summed E-state index contributed by atoms with van der Waals surface area (Å²) in [5.74, 6) is -0.00629. The van der Waals surface area contributed by atoms with E-state index in [1.807, 2.05) is 47.9 Å². The molecule has 0 saturated carbocycles. The fraction of sp³-hybridized carbons (Fsp3) is 0.346. The Bertz CT molecular complexity index is 1160. The number of nitrogens with one attached hydrogen (secondary N) is 1. The molecule has 1 N–H and O–H groups in total. The zero-order valence-electron chi connectivity index (χ0n) is 19.0. The minimum atomic E-state index is -0.171. The first-order chi connectivity index (χ1) is 16.4. The third-order valence-corrected chi connectivity index (χ3v) is 6.62. The Kier molecular flexibility index (Phi) is 7.89. The molecule has 2 atom stereocenters. The second kappa shape index (κ2) is 11.1. The van der Waals surface area contributed by atoms with Crippen LogP contribution in [-0.2, 0) is 17.9 Å².